The zero-order valence-corrected chi connectivity index (χ0v) is 9.69. The van der Waals surface area contributed by atoms with Crippen LogP contribution in [0.4, 0.5) is 0 Å². The molecule has 1 aromatic carbocycles. The molecule has 2 heterocycles. The third-order valence-electron chi connectivity index (χ3n) is 2.81. The van der Waals surface area contributed by atoms with Crippen LogP contribution in [0.25, 0.3) is 17.0 Å². The van der Waals surface area contributed by atoms with Crippen LogP contribution in [0.1, 0.15) is 10.4 Å². The first kappa shape index (κ1) is 11.2. The number of aromatic nitrogens is 3. The maximum atomic E-state index is 11.2. The van der Waals surface area contributed by atoms with E-state index in [4.69, 9.17) is 0 Å². The van der Waals surface area contributed by atoms with Gasteiger partial charge in [-0.1, -0.05) is 18.2 Å². The molecule has 94 valence electrons. The second-order valence-corrected chi connectivity index (χ2v) is 3.96. The number of rotatable bonds is 2. The highest BCUT2D eigenvalue weighted by atomic mass is 16.4. The Labute approximate surface area is 107 Å². The fraction of sp³-hybridized carbons (Fsp3) is 0. The smallest absolute Gasteiger partial charge is 0.336 e. The highest BCUT2D eigenvalue weighted by molar-refractivity contribution is 5.95. The van der Waals surface area contributed by atoms with Crippen LogP contribution in [0.5, 0.6) is 5.75 Å². The van der Waals surface area contributed by atoms with Crippen LogP contribution in [0.15, 0.2) is 42.6 Å². The predicted molar refractivity (Wildman–Crippen MR) is 67.0 cm³/mol. The first-order valence-corrected chi connectivity index (χ1v) is 5.54. The summed E-state index contributed by atoms with van der Waals surface area (Å²) in [5.74, 6) is -0.662. The molecule has 0 spiro atoms. The van der Waals surface area contributed by atoms with Crippen molar-refractivity contribution >= 4 is 11.6 Å². The summed E-state index contributed by atoms with van der Waals surface area (Å²) in [6.45, 7) is 0. The summed E-state index contributed by atoms with van der Waals surface area (Å²) in [5, 5.41) is 26.7. The normalized spacial score (nSPS) is 10.7. The first-order valence-electron chi connectivity index (χ1n) is 5.54. The number of aromatic hydroxyl groups is 1. The third-order valence-corrected chi connectivity index (χ3v) is 2.81. The Kier molecular flexibility index (Phi) is 2.42. The van der Waals surface area contributed by atoms with Gasteiger partial charge in [-0.3, -0.25) is 4.40 Å². The molecule has 0 fully saturated rings. The van der Waals surface area contributed by atoms with Crippen LogP contribution in [-0.4, -0.2) is 30.8 Å². The van der Waals surface area contributed by atoms with Crippen molar-refractivity contribution in [3.05, 3.63) is 48.2 Å². The molecular formula is C13H9N3O3. The minimum Gasteiger partial charge on any atom is -0.504 e. The summed E-state index contributed by atoms with van der Waals surface area (Å²) in [7, 11) is 0. The lowest BCUT2D eigenvalue weighted by Crippen LogP contribution is -2.01. The van der Waals surface area contributed by atoms with Crippen LogP contribution >= 0.6 is 0 Å². The summed E-state index contributed by atoms with van der Waals surface area (Å²) >= 11 is 0. The molecule has 6 nitrogen and oxygen atoms in total. The number of carbonyl (C=O) groups is 1. The number of nitrogens with zero attached hydrogens (tertiary/aromatic N) is 3. The second-order valence-electron chi connectivity index (χ2n) is 3.96. The van der Waals surface area contributed by atoms with E-state index in [1.807, 2.05) is 0 Å². The lowest BCUT2D eigenvalue weighted by molar-refractivity contribution is 0.0697. The van der Waals surface area contributed by atoms with Gasteiger partial charge in [0.25, 0.3) is 0 Å². The fourth-order valence-corrected chi connectivity index (χ4v) is 1.95. The highest BCUT2D eigenvalue weighted by Crippen LogP contribution is 2.25. The van der Waals surface area contributed by atoms with Crippen molar-refractivity contribution in [3.63, 3.8) is 0 Å². The van der Waals surface area contributed by atoms with E-state index in [2.05, 4.69) is 10.2 Å². The van der Waals surface area contributed by atoms with Gasteiger partial charge in [0.2, 0.25) is 5.65 Å². The van der Waals surface area contributed by atoms with E-state index in [-0.39, 0.29) is 17.0 Å². The Bertz CT molecular complexity index is 780. The van der Waals surface area contributed by atoms with Crippen LogP contribution in [0.2, 0.25) is 0 Å². The maximum absolute atomic E-state index is 11.2. The van der Waals surface area contributed by atoms with Gasteiger partial charge in [-0.15, -0.1) is 10.2 Å². The highest BCUT2D eigenvalue weighted by Gasteiger charge is 2.16. The number of hydrogen-bond donors (Lipinski definition) is 2. The number of carboxylic acids is 1. The van der Waals surface area contributed by atoms with Gasteiger partial charge in [-0.05, 0) is 18.2 Å². The minimum absolute atomic E-state index is 0.00550. The molecule has 2 N–H and O–H groups in total. The number of pyridine rings is 1. The van der Waals surface area contributed by atoms with Crippen LogP contribution in [0, 0.1) is 0 Å². The van der Waals surface area contributed by atoms with Crippen molar-refractivity contribution in [3.8, 4) is 17.1 Å². The standard InChI is InChI=1S/C13H9N3O3/c17-10-6-3-7-16-11(14-15-12(10)16)8-4-1-2-5-9(8)13(18)19/h1-7,17H,(H,18,19). The molecule has 3 aromatic rings. The quantitative estimate of drug-likeness (QED) is 0.729. The minimum atomic E-state index is -1.03. The Balaban J connectivity index is 2.32. The Morgan fingerprint density at radius 1 is 1.11 bits per heavy atom. The molecule has 0 unspecified atom stereocenters. The van der Waals surface area contributed by atoms with Crippen molar-refractivity contribution < 1.29 is 15.0 Å². The van der Waals surface area contributed by atoms with Crippen LogP contribution < -0.4 is 0 Å². The van der Waals surface area contributed by atoms with Crippen LogP contribution in [-0.2, 0) is 0 Å². The molecule has 3 rings (SSSR count). The molecule has 2 aromatic heterocycles. The molecule has 0 aliphatic heterocycles. The predicted octanol–water partition coefficient (Wildman–Crippen LogP) is 1.80. The van der Waals surface area contributed by atoms with Crippen molar-refractivity contribution in [2.75, 3.05) is 0 Å². The number of carboxylic acid groups (broad SMARTS) is 1. The lowest BCUT2D eigenvalue weighted by Gasteiger charge is -2.04. The van der Waals surface area contributed by atoms with Gasteiger partial charge in [0.05, 0.1) is 5.56 Å². The van der Waals surface area contributed by atoms with E-state index in [9.17, 15) is 15.0 Å². The summed E-state index contributed by atoms with van der Waals surface area (Å²) in [5.41, 5.74) is 0.880. The molecule has 0 amide bonds. The van der Waals surface area contributed by atoms with Crippen molar-refractivity contribution in [2.45, 2.75) is 0 Å². The first-order chi connectivity index (χ1) is 9.18. The third kappa shape index (κ3) is 1.70. The molecule has 19 heavy (non-hydrogen) atoms. The van der Waals surface area contributed by atoms with Crippen molar-refractivity contribution in [2.24, 2.45) is 0 Å². The Hall–Kier alpha value is -2.89. The Morgan fingerprint density at radius 3 is 2.68 bits per heavy atom. The molecule has 0 radical (unpaired) electrons. The monoisotopic (exact) mass is 255 g/mol. The van der Waals surface area contributed by atoms with Crippen molar-refractivity contribution in [1.82, 2.24) is 14.6 Å². The molecule has 0 saturated carbocycles. The summed E-state index contributed by atoms with van der Waals surface area (Å²) in [6.07, 6.45) is 1.67. The van der Waals surface area contributed by atoms with E-state index in [1.54, 1.807) is 34.9 Å². The number of aromatic carboxylic acids is 1. The number of hydrogen-bond acceptors (Lipinski definition) is 4. The fourth-order valence-electron chi connectivity index (χ4n) is 1.95. The summed E-state index contributed by atoms with van der Waals surface area (Å²) in [6, 6.07) is 9.67. The van der Waals surface area contributed by atoms with Gasteiger partial charge in [0, 0.05) is 11.8 Å². The molecule has 0 bridgehead atoms. The SMILES string of the molecule is O=C(O)c1ccccc1-c1nnc2c(O)cccn12. The van der Waals surface area contributed by atoms with E-state index in [1.165, 1.54) is 12.1 Å². The van der Waals surface area contributed by atoms with Gasteiger partial charge < -0.3 is 10.2 Å². The molecular weight excluding hydrogens is 246 g/mol. The van der Waals surface area contributed by atoms with Gasteiger partial charge in [0.1, 0.15) is 0 Å². The van der Waals surface area contributed by atoms with E-state index >= 15 is 0 Å². The van der Waals surface area contributed by atoms with E-state index in [0.29, 0.717) is 11.4 Å². The average Bonchev–Trinajstić information content (AvgIpc) is 2.84. The lowest BCUT2D eigenvalue weighted by atomic mass is 10.1. The molecule has 0 saturated heterocycles. The molecule has 0 aliphatic carbocycles. The van der Waals surface area contributed by atoms with E-state index < -0.39 is 5.97 Å². The zero-order chi connectivity index (χ0) is 13.4. The molecule has 0 aliphatic rings. The topological polar surface area (TPSA) is 87.7 Å². The largest absolute Gasteiger partial charge is 0.504 e. The zero-order valence-electron chi connectivity index (χ0n) is 9.69. The second kappa shape index (κ2) is 4.09. The molecule has 0 atom stereocenters. The summed E-state index contributed by atoms with van der Waals surface area (Å²) in [4.78, 5) is 11.2. The summed E-state index contributed by atoms with van der Waals surface area (Å²) < 4.78 is 1.55. The van der Waals surface area contributed by atoms with Crippen molar-refractivity contribution in [1.29, 1.82) is 0 Å². The van der Waals surface area contributed by atoms with Gasteiger partial charge in [-0.25, -0.2) is 4.79 Å². The van der Waals surface area contributed by atoms with Gasteiger partial charge >= 0.3 is 5.97 Å². The van der Waals surface area contributed by atoms with Gasteiger partial charge in [-0.2, -0.15) is 0 Å². The van der Waals surface area contributed by atoms with Gasteiger partial charge in [0.15, 0.2) is 11.6 Å². The van der Waals surface area contributed by atoms with E-state index in [0.717, 1.165) is 0 Å². The number of fused-ring (bicyclic) bond motifs is 1. The Morgan fingerprint density at radius 2 is 1.89 bits per heavy atom. The maximum Gasteiger partial charge on any atom is 0.336 e. The average molecular weight is 255 g/mol. The van der Waals surface area contributed by atoms with Crippen LogP contribution in [0.3, 0.4) is 0 Å². The molecule has 6 heteroatoms. The number of benzene rings is 1.